The third-order valence-electron chi connectivity index (χ3n) is 3.16. The molecule has 0 saturated heterocycles. The van der Waals surface area contributed by atoms with Gasteiger partial charge in [-0.3, -0.25) is 0 Å². The minimum absolute atomic E-state index is 0.261. The summed E-state index contributed by atoms with van der Waals surface area (Å²) in [6, 6.07) is 8.31. The standard InChI is InChI=1S/C15H18FN3/c1-10-8-13(11-6-5-7-12(16)9-11)19-14(18-10)15(2,3)17-4/h5-9,17H,1-4H3. The van der Waals surface area contributed by atoms with Crippen LogP contribution in [0.5, 0.6) is 0 Å². The Morgan fingerprint density at radius 3 is 2.53 bits per heavy atom. The molecule has 0 fully saturated rings. The van der Waals surface area contributed by atoms with Crippen LogP contribution >= 0.6 is 0 Å². The second-order valence-corrected chi connectivity index (χ2v) is 5.10. The molecule has 1 N–H and O–H groups in total. The zero-order valence-corrected chi connectivity index (χ0v) is 11.7. The molecule has 0 unspecified atom stereocenters. The molecule has 2 rings (SSSR count). The highest BCUT2D eigenvalue weighted by Crippen LogP contribution is 2.22. The summed E-state index contributed by atoms with van der Waals surface area (Å²) < 4.78 is 13.3. The van der Waals surface area contributed by atoms with Crippen molar-refractivity contribution in [2.45, 2.75) is 26.3 Å². The summed E-state index contributed by atoms with van der Waals surface area (Å²) in [5.41, 5.74) is 2.05. The van der Waals surface area contributed by atoms with Gasteiger partial charge in [0.1, 0.15) is 11.6 Å². The molecule has 19 heavy (non-hydrogen) atoms. The van der Waals surface area contributed by atoms with Gasteiger partial charge in [0, 0.05) is 11.3 Å². The molecule has 0 aliphatic carbocycles. The van der Waals surface area contributed by atoms with E-state index in [4.69, 9.17) is 0 Å². The SMILES string of the molecule is CNC(C)(C)c1nc(C)cc(-c2cccc(F)c2)n1. The number of nitrogens with zero attached hydrogens (tertiary/aromatic N) is 2. The molecule has 0 atom stereocenters. The largest absolute Gasteiger partial charge is 0.308 e. The summed E-state index contributed by atoms with van der Waals surface area (Å²) in [4.78, 5) is 9.00. The van der Waals surface area contributed by atoms with Gasteiger partial charge in [-0.1, -0.05) is 12.1 Å². The third kappa shape index (κ3) is 2.96. The number of halogens is 1. The first-order valence-electron chi connectivity index (χ1n) is 6.23. The first-order chi connectivity index (χ1) is 8.92. The van der Waals surface area contributed by atoms with Gasteiger partial charge in [0.15, 0.2) is 0 Å². The minimum atomic E-state index is -0.325. The van der Waals surface area contributed by atoms with E-state index < -0.39 is 0 Å². The van der Waals surface area contributed by atoms with Gasteiger partial charge < -0.3 is 5.32 Å². The maximum Gasteiger partial charge on any atom is 0.148 e. The highest BCUT2D eigenvalue weighted by molar-refractivity contribution is 5.59. The Morgan fingerprint density at radius 1 is 1.16 bits per heavy atom. The van der Waals surface area contributed by atoms with Crippen LogP contribution in [0.1, 0.15) is 25.4 Å². The first-order valence-corrected chi connectivity index (χ1v) is 6.23. The van der Waals surface area contributed by atoms with E-state index in [0.717, 1.165) is 17.0 Å². The van der Waals surface area contributed by atoms with Crippen molar-refractivity contribution < 1.29 is 4.39 Å². The second-order valence-electron chi connectivity index (χ2n) is 5.10. The van der Waals surface area contributed by atoms with Gasteiger partial charge in [-0.05, 0) is 46.0 Å². The molecule has 2 aromatic rings. The number of aryl methyl sites for hydroxylation is 1. The lowest BCUT2D eigenvalue weighted by molar-refractivity contribution is 0.416. The molecule has 0 aliphatic heterocycles. The smallest absolute Gasteiger partial charge is 0.148 e. The average Bonchev–Trinajstić information content (AvgIpc) is 2.38. The molecular formula is C15H18FN3. The second kappa shape index (κ2) is 5.05. The van der Waals surface area contributed by atoms with Crippen molar-refractivity contribution in [3.63, 3.8) is 0 Å². The van der Waals surface area contributed by atoms with Crippen LogP contribution in [0.4, 0.5) is 4.39 Å². The highest BCUT2D eigenvalue weighted by atomic mass is 19.1. The van der Waals surface area contributed by atoms with Crippen molar-refractivity contribution in [1.29, 1.82) is 0 Å². The lowest BCUT2D eigenvalue weighted by atomic mass is 10.0. The van der Waals surface area contributed by atoms with E-state index in [-0.39, 0.29) is 11.4 Å². The first kappa shape index (κ1) is 13.6. The Hall–Kier alpha value is -1.81. The Balaban J connectivity index is 2.54. The fourth-order valence-electron chi connectivity index (χ4n) is 1.76. The van der Waals surface area contributed by atoms with E-state index in [1.54, 1.807) is 6.07 Å². The van der Waals surface area contributed by atoms with E-state index in [2.05, 4.69) is 15.3 Å². The van der Waals surface area contributed by atoms with Crippen LogP contribution in [-0.4, -0.2) is 17.0 Å². The maximum absolute atomic E-state index is 13.3. The zero-order chi connectivity index (χ0) is 14.0. The molecule has 0 radical (unpaired) electrons. The number of hydrogen-bond donors (Lipinski definition) is 1. The lowest BCUT2D eigenvalue weighted by Gasteiger charge is -2.23. The molecule has 3 nitrogen and oxygen atoms in total. The fourth-order valence-corrected chi connectivity index (χ4v) is 1.76. The van der Waals surface area contributed by atoms with Crippen molar-refractivity contribution in [2.24, 2.45) is 0 Å². The van der Waals surface area contributed by atoms with E-state index >= 15 is 0 Å². The molecule has 1 aromatic heterocycles. The van der Waals surface area contributed by atoms with Crippen LogP contribution < -0.4 is 5.32 Å². The van der Waals surface area contributed by atoms with Crippen LogP contribution in [0.3, 0.4) is 0 Å². The molecule has 4 heteroatoms. The predicted molar refractivity (Wildman–Crippen MR) is 74.2 cm³/mol. The summed E-state index contributed by atoms with van der Waals surface area (Å²) in [6.45, 7) is 5.94. The van der Waals surface area contributed by atoms with Gasteiger partial charge in [-0.15, -0.1) is 0 Å². The Labute approximate surface area is 112 Å². The third-order valence-corrected chi connectivity index (χ3v) is 3.16. The topological polar surface area (TPSA) is 37.8 Å². The highest BCUT2D eigenvalue weighted by Gasteiger charge is 2.22. The monoisotopic (exact) mass is 259 g/mol. The number of hydrogen-bond acceptors (Lipinski definition) is 3. The van der Waals surface area contributed by atoms with Gasteiger partial charge >= 0.3 is 0 Å². The number of aromatic nitrogens is 2. The molecular weight excluding hydrogens is 241 g/mol. The molecule has 0 spiro atoms. The Bertz CT molecular complexity index is 594. The Morgan fingerprint density at radius 2 is 1.89 bits per heavy atom. The van der Waals surface area contributed by atoms with Crippen molar-refractivity contribution in [3.05, 3.63) is 47.7 Å². The van der Waals surface area contributed by atoms with Crippen LogP contribution in [-0.2, 0) is 5.54 Å². The molecule has 0 amide bonds. The summed E-state index contributed by atoms with van der Waals surface area (Å²) in [5.74, 6) is 0.442. The zero-order valence-electron chi connectivity index (χ0n) is 11.7. The van der Waals surface area contributed by atoms with Crippen LogP contribution in [0.25, 0.3) is 11.3 Å². The van der Waals surface area contributed by atoms with Gasteiger partial charge in [0.2, 0.25) is 0 Å². The molecule has 0 aliphatic rings. The molecule has 100 valence electrons. The van der Waals surface area contributed by atoms with E-state index in [0.29, 0.717) is 5.82 Å². The average molecular weight is 259 g/mol. The number of rotatable bonds is 3. The van der Waals surface area contributed by atoms with E-state index in [1.807, 2.05) is 40.0 Å². The van der Waals surface area contributed by atoms with Crippen molar-refractivity contribution in [1.82, 2.24) is 15.3 Å². The summed E-state index contributed by atoms with van der Waals surface area (Å²) >= 11 is 0. The normalized spacial score (nSPS) is 11.6. The van der Waals surface area contributed by atoms with E-state index in [1.165, 1.54) is 12.1 Å². The van der Waals surface area contributed by atoms with Gasteiger partial charge in [-0.25, -0.2) is 14.4 Å². The fraction of sp³-hybridized carbons (Fsp3) is 0.333. The molecule has 0 bridgehead atoms. The van der Waals surface area contributed by atoms with Crippen LogP contribution in [0.15, 0.2) is 30.3 Å². The maximum atomic E-state index is 13.3. The summed E-state index contributed by atoms with van der Waals surface area (Å²) in [6.07, 6.45) is 0. The summed E-state index contributed by atoms with van der Waals surface area (Å²) in [5, 5.41) is 3.18. The predicted octanol–water partition coefficient (Wildman–Crippen LogP) is 3.05. The summed E-state index contributed by atoms with van der Waals surface area (Å²) in [7, 11) is 1.87. The minimum Gasteiger partial charge on any atom is -0.308 e. The van der Waals surface area contributed by atoms with Crippen molar-refractivity contribution in [2.75, 3.05) is 7.05 Å². The Kier molecular flexibility index (Phi) is 3.62. The number of benzene rings is 1. The number of nitrogens with one attached hydrogen (secondary N) is 1. The van der Waals surface area contributed by atoms with Crippen LogP contribution in [0.2, 0.25) is 0 Å². The lowest BCUT2D eigenvalue weighted by Crippen LogP contribution is -2.35. The van der Waals surface area contributed by atoms with Crippen molar-refractivity contribution >= 4 is 0 Å². The molecule has 1 aromatic carbocycles. The molecule has 0 saturated carbocycles. The van der Waals surface area contributed by atoms with Gasteiger partial charge in [0.25, 0.3) is 0 Å². The van der Waals surface area contributed by atoms with Gasteiger partial charge in [0.05, 0.1) is 11.2 Å². The van der Waals surface area contributed by atoms with Crippen molar-refractivity contribution in [3.8, 4) is 11.3 Å². The van der Waals surface area contributed by atoms with Crippen LogP contribution in [0, 0.1) is 12.7 Å². The van der Waals surface area contributed by atoms with Gasteiger partial charge in [-0.2, -0.15) is 0 Å². The van der Waals surface area contributed by atoms with E-state index in [9.17, 15) is 4.39 Å². The quantitative estimate of drug-likeness (QED) is 0.920. The molecule has 1 heterocycles.